The first-order valence-corrected chi connectivity index (χ1v) is 7.05. The number of imide groups is 1. The van der Waals surface area contributed by atoms with E-state index in [1.54, 1.807) is 0 Å². The van der Waals surface area contributed by atoms with Gasteiger partial charge in [-0.05, 0) is 18.3 Å². The van der Waals surface area contributed by atoms with E-state index in [0.717, 1.165) is 6.42 Å². The number of likely N-dealkylation sites (tertiary alicyclic amines) is 1. The lowest BCUT2D eigenvalue weighted by atomic mass is 9.85. The lowest BCUT2D eigenvalue weighted by Crippen LogP contribution is -2.42. The van der Waals surface area contributed by atoms with E-state index in [1.165, 1.54) is 11.0 Å². The number of fused-ring (bicyclic) bond motifs is 5. The van der Waals surface area contributed by atoms with Gasteiger partial charge in [0.1, 0.15) is 0 Å². The minimum atomic E-state index is -0.950. The van der Waals surface area contributed by atoms with Crippen LogP contribution in [0.1, 0.15) is 12.8 Å². The quantitative estimate of drug-likeness (QED) is 0.551. The van der Waals surface area contributed by atoms with Crippen molar-refractivity contribution in [3.63, 3.8) is 0 Å². The number of aliphatic hydroxyl groups is 2. The summed E-state index contributed by atoms with van der Waals surface area (Å²) in [6.45, 7) is 3.27. The molecular formula is C15H19NO4. The number of carbonyl (C=O) groups is 2. The summed E-state index contributed by atoms with van der Waals surface area (Å²) in [7, 11) is 0. The number of hydrogen-bond donors (Lipinski definition) is 2. The molecule has 2 aliphatic carbocycles. The zero-order chi connectivity index (χ0) is 14.4. The van der Waals surface area contributed by atoms with Crippen LogP contribution in [0.25, 0.3) is 0 Å². The van der Waals surface area contributed by atoms with Crippen LogP contribution in [0, 0.1) is 23.7 Å². The maximum atomic E-state index is 12.5. The molecule has 0 aromatic heterocycles. The van der Waals surface area contributed by atoms with E-state index < -0.39 is 12.1 Å². The summed E-state index contributed by atoms with van der Waals surface area (Å²) in [6, 6.07) is -0.540. The number of carbonyl (C=O) groups excluding carboxylic acids is 2. The molecule has 3 aliphatic rings. The second-order valence-electron chi connectivity index (χ2n) is 5.92. The Kier molecular flexibility index (Phi) is 3.26. The first-order chi connectivity index (χ1) is 9.58. The number of nitrogens with zero attached hydrogens (tertiary/aromatic N) is 1. The first kappa shape index (κ1) is 13.5. The molecule has 6 atom stereocenters. The molecule has 1 aliphatic heterocycles. The second-order valence-corrected chi connectivity index (χ2v) is 5.92. The molecule has 0 aromatic carbocycles. The fraction of sp³-hybridized carbons (Fsp3) is 0.600. The van der Waals surface area contributed by atoms with Crippen LogP contribution in [-0.4, -0.2) is 45.7 Å². The molecule has 6 unspecified atom stereocenters. The minimum absolute atomic E-state index is 0.139. The molecule has 1 saturated carbocycles. The summed E-state index contributed by atoms with van der Waals surface area (Å²) >= 11 is 0. The van der Waals surface area contributed by atoms with Crippen molar-refractivity contribution >= 4 is 11.8 Å². The van der Waals surface area contributed by atoms with Crippen molar-refractivity contribution < 1.29 is 19.8 Å². The van der Waals surface area contributed by atoms with Gasteiger partial charge in [0.2, 0.25) is 11.8 Å². The molecule has 2 N–H and O–H groups in total. The summed E-state index contributed by atoms with van der Waals surface area (Å²) in [4.78, 5) is 26.3. The minimum Gasteiger partial charge on any atom is -0.394 e. The van der Waals surface area contributed by atoms with Gasteiger partial charge in [-0.3, -0.25) is 14.5 Å². The molecule has 1 saturated heterocycles. The normalized spacial score (nSPS) is 37.4. The van der Waals surface area contributed by atoms with Crippen LogP contribution < -0.4 is 0 Å². The van der Waals surface area contributed by atoms with Gasteiger partial charge in [-0.15, -0.1) is 6.58 Å². The van der Waals surface area contributed by atoms with Gasteiger partial charge in [-0.25, -0.2) is 0 Å². The van der Waals surface area contributed by atoms with Gasteiger partial charge >= 0.3 is 0 Å². The lowest BCUT2D eigenvalue weighted by Gasteiger charge is -2.26. The summed E-state index contributed by atoms with van der Waals surface area (Å²) in [5.41, 5.74) is 0. The highest BCUT2D eigenvalue weighted by atomic mass is 16.3. The van der Waals surface area contributed by atoms with Gasteiger partial charge in [-0.2, -0.15) is 0 Å². The van der Waals surface area contributed by atoms with Crippen molar-refractivity contribution in [2.24, 2.45) is 23.7 Å². The van der Waals surface area contributed by atoms with E-state index in [1.807, 2.05) is 12.2 Å². The molecule has 2 amide bonds. The molecule has 0 aromatic rings. The molecule has 1 heterocycles. The Labute approximate surface area is 117 Å². The van der Waals surface area contributed by atoms with Crippen LogP contribution in [0.15, 0.2) is 24.8 Å². The Morgan fingerprint density at radius 2 is 1.85 bits per heavy atom. The van der Waals surface area contributed by atoms with Gasteiger partial charge in [0, 0.05) is 6.42 Å². The van der Waals surface area contributed by atoms with Gasteiger partial charge < -0.3 is 10.2 Å². The average Bonchev–Trinajstić information content (AvgIpc) is 3.11. The molecule has 0 radical (unpaired) electrons. The Balaban J connectivity index is 1.83. The van der Waals surface area contributed by atoms with Crippen molar-refractivity contribution in [2.45, 2.75) is 25.0 Å². The van der Waals surface area contributed by atoms with Gasteiger partial charge in [0.25, 0.3) is 0 Å². The van der Waals surface area contributed by atoms with E-state index in [9.17, 15) is 14.7 Å². The van der Waals surface area contributed by atoms with Crippen molar-refractivity contribution in [2.75, 3.05) is 6.61 Å². The third-order valence-corrected chi connectivity index (χ3v) is 4.83. The summed E-state index contributed by atoms with van der Waals surface area (Å²) < 4.78 is 0. The van der Waals surface area contributed by atoms with Crippen LogP contribution in [-0.2, 0) is 9.59 Å². The van der Waals surface area contributed by atoms with Crippen LogP contribution in [0.4, 0.5) is 0 Å². The molecule has 2 bridgehead atoms. The Bertz CT molecular complexity index is 456. The Hall–Kier alpha value is -1.46. The van der Waals surface area contributed by atoms with Crippen molar-refractivity contribution in [3.05, 3.63) is 24.8 Å². The summed E-state index contributed by atoms with van der Waals surface area (Å²) in [6.07, 6.45) is 5.69. The van der Waals surface area contributed by atoms with E-state index in [0.29, 0.717) is 0 Å². The van der Waals surface area contributed by atoms with Crippen molar-refractivity contribution in [1.82, 2.24) is 4.90 Å². The number of amides is 2. The maximum Gasteiger partial charge on any atom is 0.234 e. The third-order valence-electron chi connectivity index (χ3n) is 4.83. The fourth-order valence-electron chi connectivity index (χ4n) is 3.91. The zero-order valence-electron chi connectivity index (χ0n) is 11.2. The highest BCUT2D eigenvalue weighted by molar-refractivity contribution is 6.06. The lowest BCUT2D eigenvalue weighted by molar-refractivity contribution is -0.143. The maximum absolute atomic E-state index is 12.5. The molecule has 108 valence electrons. The van der Waals surface area contributed by atoms with Crippen LogP contribution >= 0.6 is 0 Å². The molecular weight excluding hydrogens is 258 g/mol. The molecule has 3 rings (SSSR count). The van der Waals surface area contributed by atoms with Gasteiger partial charge in [0.15, 0.2) is 0 Å². The van der Waals surface area contributed by atoms with Gasteiger partial charge in [-0.1, -0.05) is 18.2 Å². The highest BCUT2D eigenvalue weighted by Gasteiger charge is 2.60. The topological polar surface area (TPSA) is 77.8 Å². The van der Waals surface area contributed by atoms with E-state index in [2.05, 4.69) is 6.58 Å². The number of hydrogen-bond acceptors (Lipinski definition) is 4. The summed E-state index contributed by atoms with van der Waals surface area (Å²) in [5, 5.41) is 18.5. The smallest absolute Gasteiger partial charge is 0.234 e. The monoisotopic (exact) mass is 277 g/mol. The number of aliphatic hydroxyl groups excluding tert-OH is 2. The van der Waals surface area contributed by atoms with Crippen LogP contribution in [0.2, 0.25) is 0 Å². The third kappa shape index (κ3) is 1.77. The van der Waals surface area contributed by atoms with Gasteiger partial charge in [0.05, 0.1) is 30.6 Å². The number of rotatable bonds is 5. The predicted octanol–water partition coefficient (Wildman–Crippen LogP) is 0.0914. The fourth-order valence-corrected chi connectivity index (χ4v) is 3.91. The van der Waals surface area contributed by atoms with Crippen molar-refractivity contribution in [3.8, 4) is 0 Å². The largest absolute Gasteiger partial charge is 0.394 e. The van der Waals surface area contributed by atoms with E-state index >= 15 is 0 Å². The zero-order valence-corrected chi connectivity index (χ0v) is 11.2. The predicted molar refractivity (Wildman–Crippen MR) is 71.3 cm³/mol. The summed E-state index contributed by atoms with van der Waals surface area (Å²) in [5.74, 6) is -0.393. The standard InChI is InChI=1S/C15H19NO4/c1-2-10(6-11(18)7-17)16-14(19)12-8-3-4-9(5-8)13(12)15(16)20/h2-4,8-13,17-18H,1,5-7H2. The molecule has 0 spiro atoms. The van der Waals surface area contributed by atoms with Crippen LogP contribution in [0.5, 0.6) is 0 Å². The van der Waals surface area contributed by atoms with E-state index in [-0.39, 0.29) is 48.5 Å². The molecule has 20 heavy (non-hydrogen) atoms. The Morgan fingerprint density at radius 1 is 1.30 bits per heavy atom. The second kappa shape index (κ2) is 4.82. The molecule has 5 nitrogen and oxygen atoms in total. The van der Waals surface area contributed by atoms with Crippen LogP contribution in [0.3, 0.4) is 0 Å². The molecule has 2 fully saturated rings. The average molecular weight is 277 g/mol. The SMILES string of the molecule is C=CC(CC(O)CO)N1C(=O)C2C3C=CC(C3)C2C1=O. The first-order valence-electron chi connectivity index (χ1n) is 7.05. The number of allylic oxidation sites excluding steroid dienone is 2. The Morgan fingerprint density at radius 3 is 2.30 bits per heavy atom. The van der Waals surface area contributed by atoms with E-state index in [4.69, 9.17) is 5.11 Å². The van der Waals surface area contributed by atoms with Crippen molar-refractivity contribution in [1.29, 1.82) is 0 Å². The molecule has 5 heteroatoms. The highest BCUT2D eigenvalue weighted by Crippen LogP contribution is 2.53.